The number of hydrogen-bond acceptors (Lipinski definition) is 4. The number of carboxylic acids is 1. The summed E-state index contributed by atoms with van der Waals surface area (Å²) < 4.78 is 7.30. The number of carbonyl (C=O) groups excluding carboxylic acids is 1. The fourth-order valence-corrected chi connectivity index (χ4v) is 4.24. The van der Waals surface area contributed by atoms with Gasteiger partial charge in [-0.15, -0.1) is 0 Å². The predicted octanol–water partition coefficient (Wildman–Crippen LogP) is 2.65. The zero-order valence-electron chi connectivity index (χ0n) is 15.7. The molecule has 0 aromatic carbocycles. The second-order valence-electron chi connectivity index (χ2n) is 7.50. The maximum Gasteiger partial charge on any atom is 0.339 e. The van der Waals surface area contributed by atoms with Crippen molar-refractivity contribution in [3.05, 3.63) is 17.5 Å². The number of carboxylic acid groups (broad SMARTS) is 1. The van der Waals surface area contributed by atoms with Crippen molar-refractivity contribution >= 4 is 11.9 Å². The summed E-state index contributed by atoms with van der Waals surface area (Å²) in [5.41, 5.74) is 0.738. The van der Waals surface area contributed by atoms with Crippen molar-refractivity contribution in [2.24, 2.45) is 5.41 Å². The monoisotopic (exact) mass is 363 g/mol. The molecule has 1 aliphatic heterocycles. The van der Waals surface area contributed by atoms with E-state index in [4.69, 9.17) is 4.74 Å². The van der Waals surface area contributed by atoms with Gasteiger partial charge in [-0.1, -0.05) is 6.42 Å². The second kappa shape index (κ2) is 7.78. The van der Waals surface area contributed by atoms with Crippen LogP contribution in [0.5, 0.6) is 0 Å². The van der Waals surface area contributed by atoms with Crippen LogP contribution in [0.25, 0.3) is 0 Å². The molecule has 26 heavy (non-hydrogen) atoms. The second-order valence-corrected chi connectivity index (χ2v) is 7.50. The number of aromatic carboxylic acids is 1. The summed E-state index contributed by atoms with van der Waals surface area (Å²) in [7, 11) is 0. The number of piperidine rings is 1. The van der Waals surface area contributed by atoms with Crippen LogP contribution in [0.4, 0.5) is 0 Å². The number of aromatic nitrogens is 2. The summed E-state index contributed by atoms with van der Waals surface area (Å²) in [5, 5.41) is 13.5. The summed E-state index contributed by atoms with van der Waals surface area (Å²) in [6.45, 7) is 6.54. The Morgan fingerprint density at radius 1 is 1.35 bits per heavy atom. The Kier molecular flexibility index (Phi) is 5.65. The molecule has 3 rings (SSSR count). The Morgan fingerprint density at radius 3 is 2.54 bits per heavy atom. The lowest BCUT2D eigenvalue weighted by Crippen LogP contribution is -2.51. The molecule has 1 aliphatic carbocycles. The first-order valence-electron chi connectivity index (χ1n) is 9.63. The molecule has 0 unspecified atom stereocenters. The highest BCUT2D eigenvalue weighted by molar-refractivity contribution is 5.88. The smallest absolute Gasteiger partial charge is 0.339 e. The Bertz CT molecular complexity index is 658. The fraction of sp³-hybridized carbons (Fsp3) is 0.737. The van der Waals surface area contributed by atoms with Crippen LogP contribution in [0.1, 0.15) is 67.5 Å². The number of likely N-dealkylation sites (tertiary alicyclic amines) is 1. The Hall–Kier alpha value is -1.89. The molecule has 1 saturated heterocycles. The van der Waals surface area contributed by atoms with Gasteiger partial charge in [-0.3, -0.25) is 9.48 Å². The SMILES string of the molecule is CCOCCC1(C(=O)N2CCC(n3ncc(C(=O)O)c3C)CC2)CCC1. The minimum Gasteiger partial charge on any atom is -0.478 e. The van der Waals surface area contributed by atoms with Gasteiger partial charge < -0.3 is 14.7 Å². The van der Waals surface area contributed by atoms with Crippen molar-refractivity contribution in [2.45, 2.75) is 58.4 Å². The van der Waals surface area contributed by atoms with Crippen LogP contribution in [0, 0.1) is 12.3 Å². The molecular weight excluding hydrogens is 334 g/mol. The average molecular weight is 363 g/mol. The van der Waals surface area contributed by atoms with Gasteiger partial charge in [-0.25, -0.2) is 4.79 Å². The van der Waals surface area contributed by atoms with E-state index in [0.29, 0.717) is 32.0 Å². The quantitative estimate of drug-likeness (QED) is 0.753. The molecule has 2 aliphatic rings. The fourth-order valence-electron chi connectivity index (χ4n) is 4.24. The molecule has 1 aromatic rings. The lowest BCUT2D eigenvalue weighted by Gasteiger charge is -2.45. The summed E-state index contributed by atoms with van der Waals surface area (Å²) >= 11 is 0. The molecule has 1 aromatic heterocycles. The van der Waals surface area contributed by atoms with Crippen LogP contribution in [-0.2, 0) is 9.53 Å². The van der Waals surface area contributed by atoms with Crippen molar-refractivity contribution < 1.29 is 19.4 Å². The van der Waals surface area contributed by atoms with E-state index in [2.05, 4.69) is 5.10 Å². The minimum absolute atomic E-state index is 0.160. The van der Waals surface area contributed by atoms with Gasteiger partial charge >= 0.3 is 5.97 Å². The molecule has 7 heteroatoms. The van der Waals surface area contributed by atoms with E-state index < -0.39 is 5.97 Å². The van der Waals surface area contributed by atoms with Gasteiger partial charge in [0.25, 0.3) is 0 Å². The molecule has 2 heterocycles. The van der Waals surface area contributed by atoms with Gasteiger partial charge in [0, 0.05) is 26.3 Å². The number of hydrogen-bond donors (Lipinski definition) is 1. The van der Waals surface area contributed by atoms with E-state index >= 15 is 0 Å². The van der Waals surface area contributed by atoms with Crippen LogP contribution >= 0.6 is 0 Å². The molecule has 0 radical (unpaired) electrons. The van der Waals surface area contributed by atoms with E-state index in [9.17, 15) is 14.7 Å². The van der Waals surface area contributed by atoms with Crippen molar-refractivity contribution in [1.82, 2.24) is 14.7 Å². The molecule has 1 saturated carbocycles. The van der Waals surface area contributed by atoms with Crippen LogP contribution < -0.4 is 0 Å². The van der Waals surface area contributed by atoms with Gasteiger partial charge in [0.1, 0.15) is 5.56 Å². The van der Waals surface area contributed by atoms with Crippen LogP contribution in [-0.4, -0.2) is 58.0 Å². The first-order chi connectivity index (χ1) is 12.5. The van der Waals surface area contributed by atoms with Crippen molar-refractivity contribution in [2.75, 3.05) is 26.3 Å². The summed E-state index contributed by atoms with van der Waals surface area (Å²) in [4.78, 5) is 26.3. The Balaban J connectivity index is 1.59. The molecular formula is C19H29N3O4. The standard InChI is InChI=1S/C19H29N3O4/c1-3-26-12-9-19(7-4-8-19)18(25)21-10-5-15(6-11-21)22-14(2)16(13-20-22)17(23)24/h13,15H,3-12H2,1-2H3,(H,23,24). The third kappa shape index (κ3) is 3.49. The number of carbonyl (C=O) groups is 2. The summed E-state index contributed by atoms with van der Waals surface area (Å²) in [6, 6.07) is 0.160. The molecule has 2 fully saturated rings. The number of nitrogens with zero attached hydrogens (tertiary/aromatic N) is 3. The van der Waals surface area contributed by atoms with Crippen molar-refractivity contribution in [1.29, 1.82) is 0 Å². The highest BCUT2D eigenvalue weighted by Gasteiger charge is 2.46. The maximum absolute atomic E-state index is 13.1. The largest absolute Gasteiger partial charge is 0.478 e. The lowest BCUT2D eigenvalue weighted by atomic mass is 9.65. The third-order valence-electron chi connectivity index (χ3n) is 6.07. The third-order valence-corrected chi connectivity index (χ3v) is 6.07. The highest BCUT2D eigenvalue weighted by Crippen LogP contribution is 2.46. The first kappa shape index (κ1) is 18.9. The number of ether oxygens (including phenoxy) is 1. The van der Waals surface area contributed by atoms with Crippen LogP contribution in [0.15, 0.2) is 6.20 Å². The van der Waals surface area contributed by atoms with E-state index in [1.54, 1.807) is 6.92 Å². The Morgan fingerprint density at radius 2 is 2.04 bits per heavy atom. The number of rotatable bonds is 7. The molecule has 144 valence electrons. The minimum atomic E-state index is -0.942. The van der Waals surface area contributed by atoms with Gasteiger partial charge in [0.2, 0.25) is 5.91 Å². The van der Waals surface area contributed by atoms with Gasteiger partial charge in [0.05, 0.1) is 23.3 Å². The van der Waals surface area contributed by atoms with E-state index in [0.717, 1.165) is 38.5 Å². The molecule has 0 spiro atoms. The van der Waals surface area contributed by atoms with E-state index in [1.165, 1.54) is 6.20 Å². The summed E-state index contributed by atoms with van der Waals surface area (Å²) in [5.74, 6) is -0.659. The van der Waals surface area contributed by atoms with E-state index in [-0.39, 0.29) is 22.9 Å². The van der Waals surface area contributed by atoms with Gasteiger partial charge in [-0.05, 0) is 46.0 Å². The van der Waals surface area contributed by atoms with Crippen molar-refractivity contribution in [3.8, 4) is 0 Å². The normalized spacial score (nSPS) is 20.0. The van der Waals surface area contributed by atoms with Crippen molar-refractivity contribution in [3.63, 3.8) is 0 Å². The predicted molar refractivity (Wildman–Crippen MR) is 96.2 cm³/mol. The van der Waals surface area contributed by atoms with Crippen LogP contribution in [0.3, 0.4) is 0 Å². The highest BCUT2D eigenvalue weighted by atomic mass is 16.5. The van der Waals surface area contributed by atoms with E-state index in [1.807, 2.05) is 16.5 Å². The maximum atomic E-state index is 13.1. The first-order valence-corrected chi connectivity index (χ1v) is 9.63. The Labute approximate surface area is 154 Å². The average Bonchev–Trinajstić information content (AvgIpc) is 2.99. The topological polar surface area (TPSA) is 84.7 Å². The molecule has 7 nitrogen and oxygen atoms in total. The molecule has 1 N–H and O–H groups in total. The van der Waals surface area contributed by atoms with Crippen LogP contribution in [0.2, 0.25) is 0 Å². The van der Waals surface area contributed by atoms with Gasteiger partial charge in [0.15, 0.2) is 0 Å². The summed E-state index contributed by atoms with van der Waals surface area (Å²) in [6.07, 6.45) is 6.94. The zero-order valence-corrected chi connectivity index (χ0v) is 15.7. The molecule has 0 atom stereocenters. The lowest BCUT2D eigenvalue weighted by molar-refractivity contribution is -0.150. The number of amides is 1. The zero-order chi connectivity index (χ0) is 18.7. The molecule has 0 bridgehead atoms. The van der Waals surface area contributed by atoms with Gasteiger partial charge in [-0.2, -0.15) is 5.10 Å². The molecule has 1 amide bonds.